The molecule has 2 rings (SSSR count). The molecule has 0 bridgehead atoms. The summed E-state index contributed by atoms with van der Waals surface area (Å²) in [4.78, 5) is 2.13. The van der Waals surface area contributed by atoms with Crippen molar-refractivity contribution < 1.29 is 0 Å². The molecule has 0 radical (unpaired) electrons. The van der Waals surface area contributed by atoms with Gasteiger partial charge in [0.05, 0.1) is 6.54 Å². The predicted octanol–water partition coefficient (Wildman–Crippen LogP) is 2.26. The van der Waals surface area contributed by atoms with Crippen molar-refractivity contribution in [2.75, 3.05) is 32.1 Å². The molecule has 0 saturated heterocycles. The molecule has 0 spiro atoms. The predicted molar refractivity (Wildman–Crippen MR) is 89.7 cm³/mol. The van der Waals surface area contributed by atoms with Gasteiger partial charge < -0.3 is 4.90 Å². The Morgan fingerprint density at radius 2 is 1.95 bits per heavy atom. The molecular formula is C14H21N5S2. The van der Waals surface area contributed by atoms with Gasteiger partial charge in [-0.2, -0.15) is 11.8 Å². The van der Waals surface area contributed by atoms with Crippen LogP contribution in [0, 0.1) is 0 Å². The molecular weight excluding hydrogens is 302 g/mol. The van der Waals surface area contributed by atoms with Crippen molar-refractivity contribution in [3.63, 3.8) is 0 Å². The SMILES string of the molecule is CN(C)CCn1nnnc1SCCSCc1ccccc1. The summed E-state index contributed by atoms with van der Waals surface area (Å²) >= 11 is 3.67. The van der Waals surface area contributed by atoms with Gasteiger partial charge in [0.2, 0.25) is 5.16 Å². The van der Waals surface area contributed by atoms with Gasteiger partial charge in [0.15, 0.2) is 0 Å². The fourth-order valence-electron chi connectivity index (χ4n) is 1.69. The van der Waals surface area contributed by atoms with Crippen LogP contribution in [0.3, 0.4) is 0 Å². The molecule has 1 aromatic carbocycles. The highest BCUT2D eigenvalue weighted by atomic mass is 32.2. The summed E-state index contributed by atoms with van der Waals surface area (Å²) < 4.78 is 1.88. The number of rotatable bonds is 9. The first kappa shape index (κ1) is 16.3. The topological polar surface area (TPSA) is 46.8 Å². The molecule has 0 fully saturated rings. The molecule has 0 N–H and O–H groups in total. The summed E-state index contributed by atoms with van der Waals surface area (Å²) in [5.41, 5.74) is 1.38. The summed E-state index contributed by atoms with van der Waals surface area (Å²) in [5, 5.41) is 12.8. The highest BCUT2D eigenvalue weighted by molar-refractivity contribution is 8.02. The molecule has 2 aromatic rings. The molecule has 1 aromatic heterocycles. The Kier molecular flexibility index (Phi) is 7.05. The van der Waals surface area contributed by atoms with Gasteiger partial charge in [-0.3, -0.25) is 0 Å². The first-order valence-corrected chi connectivity index (χ1v) is 9.05. The molecule has 114 valence electrons. The third kappa shape index (κ3) is 6.07. The lowest BCUT2D eigenvalue weighted by Crippen LogP contribution is -2.19. The smallest absolute Gasteiger partial charge is 0.209 e. The molecule has 7 heteroatoms. The Hall–Kier alpha value is -1.05. The quantitative estimate of drug-likeness (QED) is 0.521. The molecule has 0 amide bonds. The minimum Gasteiger partial charge on any atom is -0.308 e. The van der Waals surface area contributed by atoms with Crippen LogP contribution < -0.4 is 0 Å². The Morgan fingerprint density at radius 1 is 1.14 bits per heavy atom. The number of benzene rings is 1. The summed E-state index contributed by atoms with van der Waals surface area (Å²) in [6.45, 7) is 1.78. The number of thioether (sulfide) groups is 2. The van der Waals surface area contributed by atoms with Gasteiger partial charge in [0.25, 0.3) is 0 Å². The fraction of sp³-hybridized carbons (Fsp3) is 0.500. The number of likely N-dealkylation sites (N-methyl/N-ethyl adjacent to an activating group) is 1. The Morgan fingerprint density at radius 3 is 2.71 bits per heavy atom. The van der Waals surface area contributed by atoms with E-state index in [2.05, 4.69) is 64.9 Å². The van der Waals surface area contributed by atoms with Gasteiger partial charge in [0.1, 0.15) is 0 Å². The largest absolute Gasteiger partial charge is 0.308 e. The Bertz CT molecular complexity index is 515. The second-order valence-corrected chi connectivity index (χ2v) is 7.04. The minimum atomic E-state index is 0.833. The maximum atomic E-state index is 4.09. The lowest BCUT2D eigenvalue weighted by atomic mass is 10.2. The molecule has 0 aliphatic rings. The van der Waals surface area contributed by atoms with Crippen molar-refractivity contribution in [3.8, 4) is 0 Å². The standard InChI is InChI=1S/C14H21N5S2/c1-18(2)8-9-19-14(15-16-17-19)21-11-10-20-12-13-6-4-3-5-7-13/h3-7H,8-12H2,1-2H3. The van der Waals surface area contributed by atoms with Crippen LogP contribution in [-0.4, -0.2) is 57.3 Å². The van der Waals surface area contributed by atoms with Gasteiger partial charge in [-0.15, -0.1) is 5.10 Å². The maximum Gasteiger partial charge on any atom is 0.209 e. The number of nitrogens with zero attached hydrogens (tertiary/aromatic N) is 5. The van der Waals surface area contributed by atoms with Gasteiger partial charge in [-0.1, -0.05) is 42.1 Å². The number of hydrogen-bond donors (Lipinski definition) is 0. The van der Waals surface area contributed by atoms with E-state index >= 15 is 0 Å². The van der Waals surface area contributed by atoms with E-state index in [1.165, 1.54) is 5.56 Å². The Labute approximate surface area is 134 Å². The van der Waals surface area contributed by atoms with E-state index in [0.717, 1.165) is 35.5 Å². The Balaban J connectivity index is 1.66. The average Bonchev–Trinajstić information content (AvgIpc) is 2.93. The number of tetrazole rings is 1. The maximum absolute atomic E-state index is 4.09. The van der Waals surface area contributed by atoms with E-state index in [-0.39, 0.29) is 0 Å². The highest BCUT2D eigenvalue weighted by Gasteiger charge is 2.06. The zero-order valence-electron chi connectivity index (χ0n) is 12.5. The zero-order valence-corrected chi connectivity index (χ0v) is 14.1. The first-order chi connectivity index (χ1) is 10.3. The second-order valence-electron chi connectivity index (χ2n) is 4.87. The normalized spacial score (nSPS) is 11.2. The molecule has 21 heavy (non-hydrogen) atoms. The van der Waals surface area contributed by atoms with E-state index in [0.29, 0.717) is 0 Å². The number of hydrogen-bond acceptors (Lipinski definition) is 6. The van der Waals surface area contributed by atoms with Gasteiger partial charge >= 0.3 is 0 Å². The van der Waals surface area contributed by atoms with Crippen LogP contribution in [0.4, 0.5) is 0 Å². The highest BCUT2D eigenvalue weighted by Crippen LogP contribution is 2.18. The van der Waals surface area contributed by atoms with E-state index in [9.17, 15) is 0 Å². The van der Waals surface area contributed by atoms with Crippen LogP contribution in [0.25, 0.3) is 0 Å². The van der Waals surface area contributed by atoms with Crippen LogP contribution in [0.1, 0.15) is 5.56 Å². The zero-order chi connectivity index (χ0) is 14.9. The van der Waals surface area contributed by atoms with Gasteiger partial charge in [-0.05, 0) is 30.1 Å². The van der Waals surface area contributed by atoms with Crippen molar-refractivity contribution in [1.82, 2.24) is 25.1 Å². The third-order valence-corrected chi connectivity index (χ3v) is 5.08. The second kappa shape index (κ2) is 9.07. The van der Waals surface area contributed by atoms with Gasteiger partial charge in [0, 0.05) is 23.8 Å². The van der Waals surface area contributed by atoms with E-state index in [1.54, 1.807) is 11.8 Å². The molecule has 0 unspecified atom stereocenters. The van der Waals surface area contributed by atoms with Crippen LogP contribution >= 0.6 is 23.5 Å². The fourth-order valence-corrected chi connectivity index (χ4v) is 3.62. The van der Waals surface area contributed by atoms with Crippen molar-refractivity contribution in [1.29, 1.82) is 0 Å². The average molecular weight is 323 g/mol. The lowest BCUT2D eigenvalue weighted by molar-refractivity contribution is 0.361. The first-order valence-electron chi connectivity index (χ1n) is 6.91. The number of aromatic nitrogens is 4. The van der Waals surface area contributed by atoms with Crippen molar-refractivity contribution >= 4 is 23.5 Å². The van der Waals surface area contributed by atoms with E-state index in [4.69, 9.17) is 0 Å². The van der Waals surface area contributed by atoms with E-state index < -0.39 is 0 Å². The van der Waals surface area contributed by atoms with Crippen LogP contribution in [0.5, 0.6) is 0 Å². The van der Waals surface area contributed by atoms with Crippen molar-refractivity contribution in [2.45, 2.75) is 17.5 Å². The van der Waals surface area contributed by atoms with Gasteiger partial charge in [-0.25, -0.2) is 4.68 Å². The van der Waals surface area contributed by atoms with E-state index in [1.807, 2.05) is 16.4 Å². The monoisotopic (exact) mass is 323 g/mol. The third-order valence-electron chi connectivity index (χ3n) is 2.83. The van der Waals surface area contributed by atoms with Crippen LogP contribution in [0.15, 0.2) is 35.5 Å². The summed E-state index contributed by atoms with van der Waals surface area (Å²) in [5.74, 6) is 3.19. The lowest BCUT2D eigenvalue weighted by Gasteiger charge is -2.09. The van der Waals surface area contributed by atoms with Crippen LogP contribution in [0.2, 0.25) is 0 Å². The molecule has 5 nitrogen and oxygen atoms in total. The van der Waals surface area contributed by atoms with Crippen molar-refractivity contribution in [2.24, 2.45) is 0 Å². The molecule has 0 saturated carbocycles. The molecule has 0 atom stereocenters. The summed E-state index contributed by atoms with van der Waals surface area (Å²) in [6, 6.07) is 10.6. The summed E-state index contributed by atoms with van der Waals surface area (Å²) in [6.07, 6.45) is 0. The van der Waals surface area contributed by atoms with Crippen molar-refractivity contribution in [3.05, 3.63) is 35.9 Å². The molecule has 1 heterocycles. The molecule has 0 aliphatic heterocycles. The van der Waals surface area contributed by atoms with Crippen LogP contribution in [-0.2, 0) is 12.3 Å². The molecule has 0 aliphatic carbocycles. The minimum absolute atomic E-state index is 0.833. The summed E-state index contributed by atoms with van der Waals surface area (Å²) in [7, 11) is 4.11.